The average Bonchev–Trinajstić information content (AvgIpc) is 3.50. The molecule has 3 aromatic carbocycles. The number of para-hydroxylation sites is 1. The van der Waals surface area contributed by atoms with Crippen LogP contribution in [0.1, 0.15) is 54.1 Å². The molecule has 2 aromatic heterocycles. The summed E-state index contributed by atoms with van der Waals surface area (Å²) in [5, 5.41) is 15.1. The number of fused-ring (bicyclic) bond motifs is 2. The molecule has 12 nitrogen and oxygen atoms in total. The van der Waals surface area contributed by atoms with Crippen LogP contribution < -0.4 is 25.8 Å². The molecule has 7 heterocycles. The molecule has 0 bridgehead atoms. The molecule has 0 saturated carbocycles. The number of hydrogen-bond acceptors (Lipinski definition) is 10. The van der Waals surface area contributed by atoms with Gasteiger partial charge in [0.2, 0.25) is 17.8 Å². The lowest BCUT2D eigenvalue weighted by atomic mass is 9.71. The van der Waals surface area contributed by atoms with Crippen molar-refractivity contribution < 1.29 is 9.59 Å². The van der Waals surface area contributed by atoms with Gasteiger partial charge in [-0.05, 0) is 92.2 Å². The van der Waals surface area contributed by atoms with E-state index in [2.05, 4.69) is 91.1 Å². The number of rotatable bonds is 7. The number of aromatic nitrogens is 4. The van der Waals surface area contributed by atoms with E-state index >= 15 is 0 Å². The minimum atomic E-state index is -0.416. The maximum Gasteiger partial charge on any atom is 0.235 e. The molecule has 12 heteroatoms. The van der Waals surface area contributed by atoms with Gasteiger partial charge in [-0.3, -0.25) is 24.5 Å². The monoisotopic (exact) mass is 736 g/mol. The lowest BCUT2D eigenvalue weighted by Gasteiger charge is -2.63. The fourth-order valence-electron chi connectivity index (χ4n) is 9.83. The second-order valence-electron chi connectivity index (χ2n) is 16.5. The van der Waals surface area contributed by atoms with Gasteiger partial charge in [0.15, 0.2) is 0 Å². The maximum absolute atomic E-state index is 12.7. The Morgan fingerprint density at radius 1 is 0.873 bits per heavy atom. The van der Waals surface area contributed by atoms with E-state index in [4.69, 9.17) is 10.1 Å². The number of anilines is 4. The Balaban J connectivity index is 0.727. The van der Waals surface area contributed by atoms with Crippen molar-refractivity contribution in [2.75, 3.05) is 60.9 Å². The maximum atomic E-state index is 12.7. The smallest absolute Gasteiger partial charge is 0.235 e. The quantitative estimate of drug-likeness (QED) is 0.196. The highest BCUT2D eigenvalue weighted by Crippen LogP contribution is 2.45. The molecule has 1 atom stereocenters. The van der Waals surface area contributed by atoms with Crippen molar-refractivity contribution in [3.8, 4) is 11.1 Å². The van der Waals surface area contributed by atoms with E-state index in [0.717, 1.165) is 79.2 Å². The Hall–Kier alpha value is -5.33. The van der Waals surface area contributed by atoms with Crippen LogP contribution in [0.5, 0.6) is 0 Å². The van der Waals surface area contributed by atoms with Gasteiger partial charge in [-0.25, -0.2) is 9.97 Å². The molecule has 1 spiro atoms. The van der Waals surface area contributed by atoms with E-state index in [1.165, 1.54) is 54.0 Å². The van der Waals surface area contributed by atoms with Crippen molar-refractivity contribution in [1.82, 2.24) is 35.3 Å². The van der Waals surface area contributed by atoms with Gasteiger partial charge in [0, 0.05) is 105 Å². The van der Waals surface area contributed by atoms with Crippen LogP contribution in [0, 0.1) is 12.3 Å². The molecule has 5 aliphatic rings. The molecule has 282 valence electrons. The number of likely N-dealkylation sites (tertiary alicyclic amines) is 1. The van der Waals surface area contributed by atoms with Crippen LogP contribution in [0.25, 0.3) is 22.0 Å². The summed E-state index contributed by atoms with van der Waals surface area (Å²) in [6.45, 7) is 10.8. The highest BCUT2D eigenvalue weighted by Gasteiger charge is 2.53. The Morgan fingerprint density at radius 2 is 1.67 bits per heavy atom. The molecule has 55 heavy (non-hydrogen) atoms. The van der Waals surface area contributed by atoms with Crippen molar-refractivity contribution in [1.29, 1.82) is 0 Å². The molecule has 3 N–H and O–H groups in total. The first-order valence-electron chi connectivity index (χ1n) is 19.9. The summed E-state index contributed by atoms with van der Waals surface area (Å²) in [5.41, 5.74) is 11.6. The number of benzene rings is 3. The lowest BCUT2D eigenvalue weighted by Crippen LogP contribution is -2.74. The molecule has 5 aliphatic heterocycles. The third-order valence-electron chi connectivity index (χ3n) is 12.7. The minimum absolute atomic E-state index is 0.208. The Morgan fingerprint density at radius 3 is 2.45 bits per heavy atom. The van der Waals surface area contributed by atoms with Crippen LogP contribution >= 0.6 is 0 Å². The third-order valence-corrected chi connectivity index (χ3v) is 12.7. The number of hydrogen-bond donors (Lipinski definition) is 3. The number of amides is 2. The van der Waals surface area contributed by atoms with Gasteiger partial charge in [0.05, 0.1) is 22.8 Å². The third kappa shape index (κ3) is 6.21. The standard InChI is InChI=1S/C43H48N10O2/c1-27-20-32(10-11-33(27)34-4-3-5-35-39(49-50(2)40(34)35)36-12-13-38(54)48-41(36)55)53-25-43(26-53)23-52(24-43)31-15-18-51(19-16-31)30-8-6-29(7-9-30)46-42-45-21-28-14-17-44-22-37(28)47-42/h3-11,20-21,31,36,44H,12-19,22-26H2,1-2H3,(H,45,46,47)(H,48,54,55). The predicted molar refractivity (Wildman–Crippen MR) is 215 cm³/mol. The van der Waals surface area contributed by atoms with E-state index in [0.29, 0.717) is 30.2 Å². The van der Waals surface area contributed by atoms with E-state index in [9.17, 15) is 9.59 Å². The zero-order chi connectivity index (χ0) is 37.3. The summed E-state index contributed by atoms with van der Waals surface area (Å²) < 4.78 is 1.89. The number of carbonyl (C=O) groups excluding carboxylic acids is 2. The van der Waals surface area contributed by atoms with E-state index in [1.54, 1.807) is 0 Å². The first-order valence-corrected chi connectivity index (χ1v) is 19.9. The fraction of sp³-hybridized carbons (Fsp3) is 0.419. The van der Waals surface area contributed by atoms with Gasteiger partial charge in [-0.2, -0.15) is 5.10 Å². The SMILES string of the molecule is Cc1cc(N2CC3(C2)CN(C2CCN(c4ccc(Nc5ncc6c(n5)CNCC6)cc4)CC2)C3)ccc1-c1cccc2c(C3CCC(=O)NC3=O)nn(C)c12. The minimum Gasteiger partial charge on any atom is -0.371 e. The van der Waals surface area contributed by atoms with Gasteiger partial charge < -0.3 is 20.4 Å². The largest absolute Gasteiger partial charge is 0.371 e. The molecular weight excluding hydrogens is 689 g/mol. The second-order valence-corrected chi connectivity index (χ2v) is 16.5. The summed E-state index contributed by atoms with van der Waals surface area (Å²) >= 11 is 0. The number of nitrogens with one attached hydrogen (secondary N) is 3. The van der Waals surface area contributed by atoms with Gasteiger partial charge in [-0.1, -0.05) is 24.3 Å². The van der Waals surface area contributed by atoms with Crippen molar-refractivity contribution >= 4 is 45.7 Å². The number of imide groups is 1. The highest BCUT2D eigenvalue weighted by atomic mass is 16.2. The average molecular weight is 737 g/mol. The molecule has 4 saturated heterocycles. The predicted octanol–water partition coefficient (Wildman–Crippen LogP) is 5.04. The molecule has 1 unspecified atom stereocenters. The summed E-state index contributed by atoms with van der Waals surface area (Å²) in [6, 6.07) is 22.5. The van der Waals surface area contributed by atoms with Crippen LogP contribution in [-0.4, -0.2) is 88.3 Å². The normalized spacial score (nSPS) is 21.3. The van der Waals surface area contributed by atoms with E-state index < -0.39 is 5.92 Å². The highest BCUT2D eigenvalue weighted by molar-refractivity contribution is 6.04. The Labute approximate surface area is 321 Å². The van der Waals surface area contributed by atoms with E-state index in [-0.39, 0.29) is 11.8 Å². The zero-order valence-corrected chi connectivity index (χ0v) is 31.6. The number of aryl methyl sites for hydroxylation is 2. The van der Waals surface area contributed by atoms with Crippen LogP contribution in [0.15, 0.2) is 66.9 Å². The van der Waals surface area contributed by atoms with E-state index in [1.807, 2.05) is 30.1 Å². The Bertz CT molecular complexity index is 2300. The zero-order valence-electron chi connectivity index (χ0n) is 31.6. The molecule has 2 amide bonds. The molecule has 10 rings (SSSR count). The summed E-state index contributed by atoms with van der Waals surface area (Å²) in [4.78, 5) is 41.6. The molecule has 0 aliphatic carbocycles. The number of nitrogens with zero attached hydrogens (tertiary/aromatic N) is 7. The van der Waals surface area contributed by atoms with Crippen LogP contribution in [-0.2, 0) is 29.6 Å². The summed E-state index contributed by atoms with van der Waals surface area (Å²) in [5.74, 6) is -0.219. The first kappa shape index (κ1) is 34.2. The lowest BCUT2D eigenvalue weighted by molar-refractivity contribution is -0.134. The topological polar surface area (TPSA) is 124 Å². The van der Waals surface area contributed by atoms with Crippen molar-refractivity contribution in [2.45, 2.75) is 57.5 Å². The molecule has 5 aromatic rings. The molecular formula is C43H48N10O2. The summed E-state index contributed by atoms with van der Waals surface area (Å²) in [7, 11) is 1.94. The van der Waals surface area contributed by atoms with Crippen LogP contribution in [0.2, 0.25) is 0 Å². The van der Waals surface area contributed by atoms with Gasteiger partial charge in [-0.15, -0.1) is 0 Å². The van der Waals surface area contributed by atoms with Gasteiger partial charge >= 0.3 is 0 Å². The van der Waals surface area contributed by atoms with Gasteiger partial charge in [0.25, 0.3) is 0 Å². The van der Waals surface area contributed by atoms with Crippen molar-refractivity contribution in [3.05, 3.63) is 89.4 Å². The van der Waals surface area contributed by atoms with Crippen molar-refractivity contribution in [3.63, 3.8) is 0 Å². The Kier molecular flexibility index (Phi) is 8.36. The number of piperidine rings is 2. The number of carbonyl (C=O) groups is 2. The van der Waals surface area contributed by atoms with Gasteiger partial charge in [0.1, 0.15) is 0 Å². The fourth-order valence-corrected chi connectivity index (χ4v) is 9.83. The second kappa shape index (κ2) is 13.5. The van der Waals surface area contributed by atoms with Crippen LogP contribution in [0.3, 0.4) is 0 Å². The van der Waals surface area contributed by atoms with Crippen LogP contribution in [0.4, 0.5) is 23.0 Å². The molecule has 4 fully saturated rings. The van der Waals surface area contributed by atoms with Crippen molar-refractivity contribution in [2.24, 2.45) is 12.5 Å². The first-order chi connectivity index (χ1) is 26.8. The molecule has 0 radical (unpaired) electrons. The summed E-state index contributed by atoms with van der Waals surface area (Å²) in [6.07, 6.45) is 6.18.